The highest BCUT2D eigenvalue weighted by molar-refractivity contribution is 6.23. The van der Waals surface area contributed by atoms with E-state index in [1.54, 1.807) is 19.2 Å². The first-order chi connectivity index (χ1) is 10.7. The molecule has 1 aromatic rings. The molecule has 3 fully saturated rings. The summed E-state index contributed by atoms with van der Waals surface area (Å²) in [6, 6.07) is 7.26. The lowest BCUT2D eigenvalue weighted by atomic mass is 9.85. The molecule has 1 aliphatic heterocycles. The molecule has 2 saturated carbocycles. The van der Waals surface area contributed by atoms with Crippen molar-refractivity contribution in [1.82, 2.24) is 0 Å². The van der Waals surface area contributed by atoms with Crippen LogP contribution in [-0.2, 0) is 9.59 Å². The zero-order chi connectivity index (χ0) is 15.1. The van der Waals surface area contributed by atoms with E-state index in [1.165, 1.54) is 4.90 Å². The summed E-state index contributed by atoms with van der Waals surface area (Å²) in [7, 11) is 1.56. The van der Waals surface area contributed by atoms with Crippen LogP contribution in [0.4, 0.5) is 5.69 Å². The average Bonchev–Trinajstić information content (AvgIpc) is 3.13. The molecule has 3 aliphatic carbocycles. The monoisotopic (exact) mass is 295 g/mol. The lowest BCUT2D eigenvalue weighted by Gasteiger charge is -2.22. The summed E-state index contributed by atoms with van der Waals surface area (Å²) >= 11 is 0. The Bertz CT molecular complexity index is 700. The Labute approximate surface area is 128 Å². The molecule has 1 saturated heterocycles. The van der Waals surface area contributed by atoms with Gasteiger partial charge < -0.3 is 4.74 Å². The minimum absolute atomic E-state index is 0.0392. The molecule has 2 amide bonds. The van der Waals surface area contributed by atoms with Crippen molar-refractivity contribution in [2.45, 2.75) is 12.8 Å². The number of carbonyl (C=O) groups is 2. The number of allylic oxidation sites excluding steroid dienone is 2. The molecule has 1 spiro atoms. The first-order valence-corrected chi connectivity index (χ1v) is 7.88. The lowest BCUT2D eigenvalue weighted by molar-refractivity contribution is -0.123. The quantitative estimate of drug-likeness (QED) is 0.622. The first-order valence-electron chi connectivity index (χ1n) is 7.88. The van der Waals surface area contributed by atoms with Crippen LogP contribution in [0.15, 0.2) is 36.4 Å². The SMILES string of the molecule is COc1ccccc1N1C(=O)[C@@H]2[C@H](C1=O)[C@H]1C=C[C@@H]2C12CC2. The predicted molar refractivity (Wildman–Crippen MR) is 80.3 cm³/mol. The molecular weight excluding hydrogens is 278 g/mol. The number of methoxy groups -OCH3 is 1. The number of nitrogens with zero attached hydrogens (tertiary/aromatic N) is 1. The molecule has 4 aliphatic rings. The number of rotatable bonds is 2. The molecule has 4 atom stereocenters. The molecule has 1 aromatic carbocycles. The highest BCUT2D eigenvalue weighted by Crippen LogP contribution is 2.73. The van der Waals surface area contributed by atoms with Gasteiger partial charge in [-0.3, -0.25) is 9.59 Å². The standard InChI is InChI=1S/C18H17NO3/c1-22-13-5-3-2-4-12(13)19-16(20)14-10-6-7-11(15(14)17(19)21)18(10)8-9-18/h2-7,10-11,14-15H,8-9H2,1H3/t10-,11+,14-,15+. The number of amides is 2. The maximum atomic E-state index is 13.0. The number of hydrogen-bond acceptors (Lipinski definition) is 3. The van der Waals surface area contributed by atoms with E-state index in [9.17, 15) is 9.59 Å². The lowest BCUT2D eigenvalue weighted by Crippen LogP contribution is -2.35. The second-order valence-electron chi connectivity index (χ2n) is 6.90. The van der Waals surface area contributed by atoms with E-state index in [1.807, 2.05) is 12.1 Å². The third-order valence-corrected chi connectivity index (χ3v) is 6.18. The second-order valence-corrected chi connectivity index (χ2v) is 6.90. The van der Waals surface area contributed by atoms with Crippen molar-refractivity contribution in [2.24, 2.45) is 29.1 Å². The summed E-state index contributed by atoms with van der Waals surface area (Å²) < 4.78 is 5.34. The zero-order valence-electron chi connectivity index (χ0n) is 12.4. The Kier molecular flexibility index (Phi) is 2.15. The van der Waals surface area contributed by atoms with Crippen LogP contribution in [-0.4, -0.2) is 18.9 Å². The van der Waals surface area contributed by atoms with Gasteiger partial charge in [0.05, 0.1) is 24.6 Å². The molecule has 0 unspecified atom stereocenters. The van der Waals surface area contributed by atoms with Crippen LogP contribution in [0, 0.1) is 29.1 Å². The summed E-state index contributed by atoms with van der Waals surface area (Å²) in [5.41, 5.74) is 0.826. The van der Waals surface area contributed by atoms with Gasteiger partial charge in [0.2, 0.25) is 11.8 Å². The largest absolute Gasteiger partial charge is 0.495 e. The van der Waals surface area contributed by atoms with Crippen molar-refractivity contribution in [2.75, 3.05) is 12.0 Å². The molecule has 0 N–H and O–H groups in total. The van der Waals surface area contributed by atoms with Gasteiger partial charge in [-0.15, -0.1) is 0 Å². The Morgan fingerprint density at radius 1 is 1.05 bits per heavy atom. The van der Waals surface area contributed by atoms with E-state index in [-0.39, 0.29) is 40.9 Å². The van der Waals surface area contributed by atoms with E-state index in [2.05, 4.69) is 12.2 Å². The maximum Gasteiger partial charge on any atom is 0.238 e. The van der Waals surface area contributed by atoms with Gasteiger partial charge in [0.15, 0.2) is 0 Å². The maximum absolute atomic E-state index is 13.0. The zero-order valence-corrected chi connectivity index (χ0v) is 12.4. The van der Waals surface area contributed by atoms with E-state index < -0.39 is 0 Å². The summed E-state index contributed by atoms with van der Waals surface area (Å²) in [4.78, 5) is 27.3. The molecule has 1 heterocycles. The van der Waals surface area contributed by atoms with Crippen LogP contribution in [0.3, 0.4) is 0 Å². The van der Waals surface area contributed by atoms with Crippen molar-refractivity contribution in [3.63, 3.8) is 0 Å². The van der Waals surface area contributed by atoms with Gasteiger partial charge in [0, 0.05) is 0 Å². The van der Waals surface area contributed by atoms with Crippen molar-refractivity contribution in [1.29, 1.82) is 0 Å². The predicted octanol–water partition coefficient (Wildman–Crippen LogP) is 2.40. The van der Waals surface area contributed by atoms with Gasteiger partial charge in [-0.25, -0.2) is 4.90 Å². The van der Waals surface area contributed by atoms with Crippen molar-refractivity contribution in [3.05, 3.63) is 36.4 Å². The first kappa shape index (κ1) is 12.4. The molecule has 2 bridgehead atoms. The van der Waals surface area contributed by atoms with Crippen LogP contribution in [0.2, 0.25) is 0 Å². The van der Waals surface area contributed by atoms with Gasteiger partial charge in [0.1, 0.15) is 5.75 Å². The van der Waals surface area contributed by atoms with Gasteiger partial charge in [-0.2, -0.15) is 0 Å². The Morgan fingerprint density at radius 2 is 1.64 bits per heavy atom. The van der Waals surface area contributed by atoms with Crippen molar-refractivity contribution < 1.29 is 14.3 Å². The third-order valence-electron chi connectivity index (χ3n) is 6.18. The third kappa shape index (κ3) is 1.21. The highest BCUT2D eigenvalue weighted by atomic mass is 16.5. The number of fused-ring (bicyclic) bond motifs is 3. The number of para-hydroxylation sites is 2. The van der Waals surface area contributed by atoms with E-state index >= 15 is 0 Å². The number of anilines is 1. The fourth-order valence-corrected chi connectivity index (χ4v) is 5.13. The summed E-state index contributed by atoms with van der Waals surface area (Å²) in [5.74, 6) is 0.706. The highest BCUT2D eigenvalue weighted by Gasteiger charge is 2.73. The van der Waals surface area contributed by atoms with E-state index in [0.717, 1.165) is 12.8 Å². The van der Waals surface area contributed by atoms with E-state index in [0.29, 0.717) is 11.4 Å². The minimum Gasteiger partial charge on any atom is -0.495 e. The molecule has 4 nitrogen and oxygen atoms in total. The summed E-state index contributed by atoms with van der Waals surface area (Å²) in [6.07, 6.45) is 6.71. The van der Waals surface area contributed by atoms with Crippen LogP contribution in [0.5, 0.6) is 5.75 Å². The molecule has 22 heavy (non-hydrogen) atoms. The number of carbonyl (C=O) groups excluding carboxylic acids is 2. The van der Waals surface area contributed by atoms with Gasteiger partial charge in [-0.1, -0.05) is 24.3 Å². The van der Waals surface area contributed by atoms with Crippen molar-refractivity contribution >= 4 is 17.5 Å². The fraction of sp³-hybridized carbons (Fsp3) is 0.444. The number of hydrogen-bond donors (Lipinski definition) is 0. The topological polar surface area (TPSA) is 46.6 Å². The number of imide groups is 1. The number of ether oxygens (including phenoxy) is 1. The summed E-state index contributed by atoms with van der Waals surface area (Å²) in [6.45, 7) is 0. The average molecular weight is 295 g/mol. The molecule has 5 rings (SSSR count). The van der Waals surface area contributed by atoms with Gasteiger partial charge in [-0.05, 0) is 42.2 Å². The smallest absolute Gasteiger partial charge is 0.238 e. The number of benzene rings is 1. The molecular formula is C18H17NO3. The Hall–Kier alpha value is -2.10. The minimum atomic E-state index is -0.157. The van der Waals surface area contributed by atoms with Gasteiger partial charge >= 0.3 is 0 Å². The van der Waals surface area contributed by atoms with E-state index in [4.69, 9.17) is 4.74 Å². The molecule has 0 radical (unpaired) electrons. The van der Waals surface area contributed by atoms with Crippen LogP contribution in [0.25, 0.3) is 0 Å². The summed E-state index contributed by atoms with van der Waals surface area (Å²) in [5, 5.41) is 0. The van der Waals surface area contributed by atoms with Crippen LogP contribution in [0.1, 0.15) is 12.8 Å². The Morgan fingerprint density at radius 3 is 2.18 bits per heavy atom. The Balaban J connectivity index is 1.59. The van der Waals surface area contributed by atoms with Crippen molar-refractivity contribution in [3.8, 4) is 5.75 Å². The molecule has 0 aromatic heterocycles. The molecule has 112 valence electrons. The van der Waals surface area contributed by atoms with Gasteiger partial charge in [0.25, 0.3) is 0 Å². The normalized spacial score (nSPS) is 36.3. The second kappa shape index (κ2) is 3.80. The van der Waals surface area contributed by atoms with Crippen LogP contribution < -0.4 is 9.64 Å². The van der Waals surface area contributed by atoms with Crippen LogP contribution >= 0.6 is 0 Å². The molecule has 4 heteroatoms. The fourth-order valence-electron chi connectivity index (χ4n) is 5.13.